The van der Waals surface area contributed by atoms with E-state index in [1.807, 2.05) is 0 Å². The highest BCUT2D eigenvalue weighted by molar-refractivity contribution is 6.34. The Labute approximate surface area is 130 Å². The van der Waals surface area contributed by atoms with E-state index in [1.165, 1.54) is 0 Å². The molecule has 6 nitrogen and oxygen atoms in total. The van der Waals surface area contributed by atoms with Crippen molar-refractivity contribution in [1.29, 1.82) is 0 Å². The molecule has 21 heavy (non-hydrogen) atoms. The average Bonchev–Trinajstić information content (AvgIpc) is 2.82. The third-order valence-electron chi connectivity index (χ3n) is 2.92. The maximum absolute atomic E-state index is 6.03. The van der Waals surface area contributed by atoms with Gasteiger partial charge in [0.05, 0.1) is 16.6 Å². The molecule has 0 amide bonds. The highest BCUT2D eigenvalue weighted by Gasteiger charge is 2.10. The zero-order valence-electron chi connectivity index (χ0n) is 11.0. The maximum atomic E-state index is 6.03. The summed E-state index contributed by atoms with van der Waals surface area (Å²) < 4.78 is 7.23. The Bertz CT molecular complexity index is 818. The minimum atomic E-state index is 0.130. The monoisotopic (exact) mass is 323 g/mol. The third kappa shape index (κ3) is 2.72. The van der Waals surface area contributed by atoms with Gasteiger partial charge < -0.3 is 10.5 Å². The van der Waals surface area contributed by atoms with Gasteiger partial charge in [-0.3, -0.25) is 4.68 Å². The molecule has 2 N–H and O–H groups in total. The summed E-state index contributed by atoms with van der Waals surface area (Å²) in [5, 5.41) is 5.81. The van der Waals surface area contributed by atoms with Crippen LogP contribution in [-0.2, 0) is 13.7 Å². The number of rotatable bonds is 3. The standard InChI is InChI=1S/C13H11Cl2N5O/c1-20-13-8(5-17-20)12(16)18-11(19-13)6-21-10-4-7(14)2-3-9(10)15/h2-5H,6H2,1H3,(H2,16,18,19). The first-order chi connectivity index (χ1) is 10.0. The lowest BCUT2D eigenvalue weighted by atomic mass is 10.3. The molecule has 0 saturated heterocycles. The van der Waals surface area contributed by atoms with Crippen LogP contribution in [0.5, 0.6) is 5.75 Å². The summed E-state index contributed by atoms with van der Waals surface area (Å²) in [6.07, 6.45) is 1.63. The zero-order chi connectivity index (χ0) is 15.0. The number of anilines is 1. The van der Waals surface area contributed by atoms with Crippen molar-refractivity contribution in [3.63, 3.8) is 0 Å². The number of fused-ring (bicyclic) bond motifs is 1. The van der Waals surface area contributed by atoms with Gasteiger partial charge in [0.15, 0.2) is 11.5 Å². The van der Waals surface area contributed by atoms with E-state index >= 15 is 0 Å². The van der Waals surface area contributed by atoms with Crippen molar-refractivity contribution in [1.82, 2.24) is 19.7 Å². The van der Waals surface area contributed by atoms with Crippen LogP contribution in [0.15, 0.2) is 24.4 Å². The Morgan fingerprint density at radius 1 is 1.29 bits per heavy atom. The number of benzene rings is 1. The van der Waals surface area contributed by atoms with Gasteiger partial charge in [0, 0.05) is 18.1 Å². The summed E-state index contributed by atoms with van der Waals surface area (Å²) in [6.45, 7) is 0.130. The van der Waals surface area contributed by atoms with Gasteiger partial charge in [-0.2, -0.15) is 5.10 Å². The highest BCUT2D eigenvalue weighted by Crippen LogP contribution is 2.28. The molecule has 108 valence electrons. The van der Waals surface area contributed by atoms with E-state index in [4.69, 9.17) is 33.7 Å². The van der Waals surface area contributed by atoms with Crippen LogP contribution in [0, 0.1) is 0 Å². The van der Waals surface area contributed by atoms with Crippen LogP contribution >= 0.6 is 23.2 Å². The summed E-state index contributed by atoms with van der Waals surface area (Å²) in [6, 6.07) is 4.99. The van der Waals surface area contributed by atoms with Crippen LogP contribution in [0.4, 0.5) is 5.82 Å². The van der Waals surface area contributed by atoms with E-state index in [0.29, 0.717) is 38.5 Å². The molecule has 0 unspecified atom stereocenters. The smallest absolute Gasteiger partial charge is 0.170 e. The molecule has 3 rings (SSSR count). The number of aromatic nitrogens is 4. The second kappa shape index (κ2) is 5.38. The summed E-state index contributed by atoms with van der Waals surface area (Å²) in [5.74, 6) is 1.28. The topological polar surface area (TPSA) is 78.9 Å². The van der Waals surface area contributed by atoms with E-state index in [2.05, 4.69) is 15.1 Å². The van der Waals surface area contributed by atoms with Crippen molar-refractivity contribution in [3.8, 4) is 5.75 Å². The number of nitrogen functional groups attached to an aromatic ring is 1. The average molecular weight is 324 g/mol. The number of nitrogens with two attached hydrogens (primary N) is 1. The van der Waals surface area contributed by atoms with Gasteiger partial charge in [-0.25, -0.2) is 9.97 Å². The zero-order valence-corrected chi connectivity index (χ0v) is 12.6. The van der Waals surface area contributed by atoms with Gasteiger partial charge in [-0.15, -0.1) is 0 Å². The van der Waals surface area contributed by atoms with E-state index in [-0.39, 0.29) is 6.61 Å². The Morgan fingerprint density at radius 2 is 2.10 bits per heavy atom. The first-order valence-electron chi connectivity index (χ1n) is 6.06. The summed E-state index contributed by atoms with van der Waals surface area (Å²) >= 11 is 11.9. The first kappa shape index (κ1) is 13.9. The van der Waals surface area contributed by atoms with Crippen LogP contribution in [0.3, 0.4) is 0 Å². The van der Waals surface area contributed by atoms with Crippen molar-refractivity contribution >= 4 is 40.1 Å². The molecule has 0 atom stereocenters. The second-order valence-corrected chi connectivity index (χ2v) is 5.24. The molecular weight excluding hydrogens is 313 g/mol. The number of nitrogens with zero attached hydrogens (tertiary/aromatic N) is 4. The quantitative estimate of drug-likeness (QED) is 0.801. The van der Waals surface area contributed by atoms with Gasteiger partial charge in [0.1, 0.15) is 18.2 Å². The van der Waals surface area contributed by atoms with Gasteiger partial charge in [-0.1, -0.05) is 23.2 Å². The van der Waals surface area contributed by atoms with Crippen molar-refractivity contribution in [3.05, 3.63) is 40.3 Å². The Balaban J connectivity index is 1.88. The minimum Gasteiger partial charge on any atom is -0.484 e. The second-order valence-electron chi connectivity index (χ2n) is 4.39. The van der Waals surface area contributed by atoms with Crippen molar-refractivity contribution < 1.29 is 4.74 Å². The lowest BCUT2D eigenvalue weighted by molar-refractivity contribution is 0.296. The van der Waals surface area contributed by atoms with Gasteiger partial charge in [-0.05, 0) is 12.1 Å². The predicted octanol–water partition coefficient (Wildman–Crippen LogP) is 2.83. The first-order valence-corrected chi connectivity index (χ1v) is 6.82. The van der Waals surface area contributed by atoms with Crippen LogP contribution in [0.2, 0.25) is 10.0 Å². The lowest BCUT2D eigenvalue weighted by Gasteiger charge is -2.08. The number of ether oxygens (including phenoxy) is 1. The fraction of sp³-hybridized carbons (Fsp3) is 0.154. The highest BCUT2D eigenvalue weighted by atomic mass is 35.5. The fourth-order valence-electron chi connectivity index (χ4n) is 1.89. The van der Waals surface area contributed by atoms with Crippen LogP contribution < -0.4 is 10.5 Å². The molecule has 0 aliphatic carbocycles. The number of hydrogen-bond donors (Lipinski definition) is 1. The molecule has 2 heterocycles. The molecule has 1 aromatic carbocycles. The molecule has 0 aliphatic heterocycles. The van der Waals surface area contributed by atoms with Gasteiger partial charge in [0.2, 0.25) is 0 Å². The van der Waals surface area contributed by atoms with E-state index in [1.54, 1.807) is 36.1 Å². The molecule has 0 saturated carbocycles. The van der Waals surface area contributed by atoms with Gasteiger partial charge in [0.25, 0.3) is 0 Å². The molecule has 0 fully saturated rings. The van der Waals surface area contributed by atoms with Crippen molar-refractivity contribution in [2.45, 2.75) is 6.61 Å². The normalized spacial score (nSPS) is 11.0. The largest absolute Gasteiger partial charge is 0.484 e. The summed E-state index contributed by atoms with van der Waals surface area (Å²) in [7, 11) is 1.78. The number of aryl methyl sites for hydroxylation is 1. The third-order valence-corrected chi connectivity index (χ3v) is 3.47. The molecule has 0 spiro atoms. The Morgan fingerprint density at radius 3 is 2.90 bits per heavy atom. The molecule has 0 radical (unpaired) electrons. The van der Waals surface area contributed by atoms with E-state index in [9.17, 15) is 0 Å². The Kier molecular flexibility index (Phi) is 3.57. The van der Waals surface area contributed by atoms with Crippen LogP contribution in [0.25, 0.3) is 11.0 Å². The van der Waals surface area contributed by atoms with Crippen molar-refractivity contribution in [2.75, 3.05) is 5.73 Å². The molecule has 0 bridgehead atoms. The Hall–Kier alpha value is -2.05. The van der Waals surface area contributed by atoms with E-state index < -0.39 is 0 Å². The molecule has 3 aromatic rings. The maximum Gasteiger partial charge on any atom is 0.170 e. The number of halogens is 2. The fourth-order valence-corrected chi connectivity index (χ4v) is 2.22. The van der Waals surface area contributed by atoms with Gasteiger partial charge >= 0.3 is 0 Å². The van der Waals surface area contributed by atoms with Crippen molar-refractivity contribution in [2.24, 2.45) is 7.05 Å². The van der Waals surface area contributed by atoms with E-state index in [0.717, 1.165) is 0 Å². The SMILES string of the molecule is Cn1ncc2c(N)nc(COc3cc(Cl)ccc3Cl)nc21. The number of hydrogen-bond acceptors (Lipinski definition) is 5. The summed E-state index contributed by atoms with van der Waals surface area (Å²) in [4.78, 5) is 8.57. The predicted molar refractivity (Wildman–Crippen MR) is 81.5 cm³/mol. The molecule has 0 aliphatic rings. The van der Waals surface area contributed by atoms with Crippen LogP contribution in [-0.4, -0.2) is 19.7 Å². The molecule has 2 aromatic heterocycles. The summed E-state index contributed by atoms with van der Waals surface area (Å²) in [5.41, 5.74) is 6.54. The molecular formula is C13H11Cl2N5O. The minimum absolute atomic E-state index is 0.130. The molecule has 8 heteroatoms. The lowest BCUT2D eigenvalue weighted by Crippen LogP contribution is -2.06. The van der Waals surface area contributed by atoms with Crippen LogP contribution in [0.1, 0.15) is 5.82 Å².